The van der Waals surface area contributed by atoms with Crippen LogP contribution in [0.2, 0.25) is 0 Å². The highest BCUT2D eigenvalue weighted by Gasteiger charge is 1.96. The van der Waals surface area contributed by atoms with Crippen molar-refractivity contribution in [2.24, 2.45) is 0 Å². The first-order valence-electron chi connectivity index (χ1n) is 5.29. The smallest absolute Gasteiger partial charge is 0.119 e. The number of ether oxygens (including phenoxy) is 1. The van der Waals surface area contributed by atoms with E-state index in [1.165, 1.54) is 5.56 Å². The zero-order valence-electron chi connectivity index (χ0n) is 9.55. The van der Waals surface area contributed by atoms with Crippen LogP contribution in [-0.4, -0.2) is 20.2 Å². The number of rotatable bonds is 6. The molecule has 0 saturated heterocycles. The molecule has 0 aliphatic heterocycles. The number of nitrogens with one attached hydrogen (secondary N) is 1. The van der Waals surface area contributed by atoms with Gasteiger partial charge in [0.15, 0.2) is 0 Å². The third-order valence-electron chi connectivity index (χ3n) is 2.20. The Morgan fingerprint density at radius 1 is 1.33 bits per heavy atom. The molecule has 0 unspecified atom stereocenters. The number of hydrogen-bond acceptors (Lipinski definition) is 2. The van der Waals surface area contributed by atoms with Crippen LogP contribution in [-0.2, 0) is 6.42 Å². The van der Waals surface area contributed by atoms with Crippen molar-refractivity contribution in [3.8, 4) is 5.75 Å². The molecule has 0 heterocycles. The number of benzene rings is 1. The lowest BCUT2D eigenvalue weighted by Crippen LogP contribution is -2.14. The minimum absolute atomic E-state index is 0.576. The van der Waals surface area contributed by atoms with Gasteiger partial charge in [-0.2, -0.15) is 0 Å². The Hall–Kier alpha value is -1.28. The summed E-state index contributed by atoms with van der Waals surface area (Å²) < 4.78 is 5.58. The van der Waals surface area contributed by atoms with Crippen LogP contribution in [0.3, 0.4) is 0 Å². The van der Waals surface area contributed by atoms with E-state index in [1.807, 2.05) is 19.2 Å². The fourth-order valence-corrected chi connectivity index (χ4v) is 1.31. The summed E-state index contributed by atoms with van der Waals surface area (Å²) in [6.07, 6.45) is 1.06. The summed E-state index contributed by atoms with van der Waals surface area (Å²) in [6, 6.07) is 8.20. The Morgan fingerprint density at radius 3 is 2.53 bits per heavy atom. The van der Waals surface area contributed by atoms with Gasteiger partial charge >= 0.3 is 0 Å². The van der Waals surface area contributed by atoms with Crippen LogP contribution in [0.25, 0.3) is 0 Å². The lowest BCUT2D eigenvalue weighted by molar-refractivity contribution is 0.349. The lowest BCUT2D eigenvalue weighted by Gasteiger charge is -2.08. The van der Waals surface area contributed by atoms with Gasteiger partial charge < -0.3 is 10.1 Å². The normalized spacial score (nSPS) is 10.0. The molecule has 0 aliphatic carbocycles. The average molecular weight is 205 g/mol. The van der Waals surface area contributed by atoms with E-state index in [4.69, 9.17) is 4.74 Å². The van der Waals surface area contributed by atoms with E-state index in [-0.39, 0.29) is 0 Å². The Balaban J connectivity index is 2.40. The van der Waals surface area contributed by atoms with Gasteiger partial charge in [-0.25, -0.2) is 0 Å². The molecular weight excluding hydrogens is 186 g/mol. The third-order valence-corrected chi connectivity index (χ3v) is 2.20. The first-order chi connectivity index (χ1) is 7.26. The third kappa shape index (κ3) is 4.17. The molecule has 0 aromatic heterocycles. The lowest BCUT2D eigenvalue weighted by atomic mass is 10.2. The van der Waals surface area contributed by atoms with E-state index in [0.29, 0.717) is 6.61 Å². The van der Waals surface area contributed by atoms with Gasteiger partial charge in [0.2, 0.25) is 0 Å². The van der Waals surface area contributed by atoms with Gasteiger partial charge in [0.05, 0.1) is 0 Å². The van der Waals surface area contributed by atoms with E-state index in [0.717, 1.165) is 24.3 Å². The van der Waals surface area contributed by atoms with Crippen LogP contribution < -0.4 is 10.1 Å². The summed E-state index contributed by atoms with van der Waals surface area (Å²) >= 11 is 0. The molecule has 2 nitrogen and oxygen atoms in total. The van der Waals surface area contributed by atoms with Crippen molar-refractivity contribution in [1.82, 2.24) is 5.32 Å². The quantitative estimate of drug-likeness (QED) is 0.720. The molecule has 0 spiro atoms. The topological polar surface area (TPSA) is 21.3 Å². The van der Waals surface area contributed by atoms with Crippen molar-refractivity contribution in [2.45, 2.75) is 13.3 Å². The fraction of sp³-hybridized carbons (Fsp3) is 0.385. The van der Waals surface area contributed by atoms with Crippen molar-refractivity contribution in [2.75, 3.05) is 20.2 Å². The SMILES string of the molecule is C=C(CNC)COc1ccc(CC)cc1. The van der Waals surface area contributed by atoms with Crippen LogP contribution in [0.15, 0.2) is 36.4 Å². The highest BCUT2D eigenvalue weighted by atomic mass is 16.5. The zero-order chi connectivity index (χ0) is 11.1. The molecule has 0 atom stereocenters. The highest BCUT2D eigenvalue weighted by Crippen LogP contribution is 2.12. The maximum atomic E-state index is 5.58. The van der Waals surface area contributed by atoms with E-state index >= 15 is 0 Å². The summed E-state index contributed by atoms with van der Waals surface area (Å²) in [7, 11) is 1.90. The second kappa shape index (κ2) is 6.25. The zero-order valence-corrected chi connectivity index (χ0v) is 9.55. The molecule has 0 aliphatic rings. The monoisotopic (exact) mass is 205 g/mol. The first-order valence-corrected chi connectivity index (χ1v) is 5.29. The molecule has 1 aromatic rings. The molecule has 82 valence electrons. The number of likely N-dealkylation sites (N-methyl/N-ethyl adjacent to an activating group) is 1. The number of hydrogen-bond donors (Lipinski definition) is 1. The van der Waals surface area contributed by atoms with Crippen LogP contribution in [0.1, 0.15) is 12.5 Å². The van der Waals surface area contributed by atoms with Gasteiger partial charge in [-0.1, -0.05) is 25.6 Å². The molecule has 1 rings (SSSR count). The van der Waals surface area contributed by atoms with Gasteiger partial charge in [-0.15, -0.1) is 0 Å². The molecule has 0 amide bonds. The predicted octanol–water partition coefficient (Wildman–Crippen LogP) is 2.40. The Morgan fingerprint density at radius 2 is 2.00 bits per heavy atom. The molecule has 15 heavy (non-hydrogen) atoms. The fourth-order valence-electron chi connectivity index (χ4n) is 1.31. The van der Waals surface area contributed by atoms with Crippen LogP contribution in [0.5, 0.6) is 5.75 Å². The van der Waals surface area contributed by atoms with E-state index < -0.39 is 0 Å². The minimum atomic E-state index is 0.576. The molecule has 0 fully saturated rings. The second-order valence-corrected chi connectivity index (χ2v) is 3.57. The standard InChI is InChI=1S/C13H19NO/c1-4-12-5-7-13(8-6-12)15-10-11(2)9-14-3/h5-8,14H,2,4,9-10H2,1,3H3. The summed E-state index contributed by atoms with van der Waals surface area (Å²) in [5, 5.41) is 3.04. The largest absolute Gasteiger partial charge is 0.489 e. The van der Waals surface area contributed by atoms with Crippen LogP contribution >= 0.6 is 0 Å². The van der Waals surface area contributed by atoms with E-state index in [1.54, 1.807) is 0 Å². The average Bonchev–Trinajstić information content (AvgIpc) is 2.27. The predicted molar refractivity (Wildman–Crippen MR) is 64.4 cm³/mol. The van der Waals surface area contributed by atoms with Gasteiger partial charge in [-0.05, 0) is 36.7 Å². The Kier molecular flexibility index (Phi) is 4.91. The van der Waals surface area contributed by atoms with Gasteiger partial charge in [0.1, 0.15) is 12.4 Å². The molecule has 1 N–H and O–H groups in total. The molecule has 0 radical (unpaired) electrons. The van der Waals surface area contributed by atoms with E-state index in [2.05, 4.69) is 31.0 Å². The summed E-state index contributed by atoms with van der Waals surface area (Å²) in [5.41, 5.74) is 2.38. The van der Waals surface area contributed by atoms with Crippen molar-refractivity contribution in [3.05, 3.63) is 42.0 Å². The first kappa shape index (κ1) is 11.8. The van der Waals surface area contributed by atoms with Gasteiger partial charge in [-0.3, -0.25) is 0 Å². The molecule has 0 bridgehead atoms. The number of aryl methyl sites for hydroxylation is 1. The van der Waals surface area contributed by atoms with Crippen LogP contribution in [0, 0.1) is 0 Å². The summed E-state index contributed by atoms with van der Waals surface area (Å²) in [4.78, 5) is 0. The second-order valence-electron chi connectivity index (χ2n) is 3.57. The molecular formula is C13H19NO. The van der Waals surface area contributed by atoms with E-state index in [9.17, 15) is 0 Å². The van der Waals surface area contributed by atoms with Crippen molar-refractivity contribution < 1.29 is 4.74 Å². The van der Waals surface area contributed by atoms with Crippen molar-refractivity contribution in [1.29, 1.82) is 0 Å². The summed E-state index contributed by atoms with van der Waals surface area (Å²) in [5.74, 6) is 0.907. The minimum Gasteiger partial charge on any atom is -0.489 e. The van der Waals surface area contributed by atoms with Crippen molar-refractivity contribution in [3.63, 3.8) is 0 Å². The molecule has 0 saturated carbocycles. The molecule has 2 heteroatoms. The van der Waals surface area contributed by atoms with Crippen LogP contribution in [0.4, 0.5) is 0 Å². The van der Waals surface area contributed by atoms with Crippen molar-refractivity contribution >= 4 is 0 Å². The maximum Gasteiger partial charge on any atom is 0.119 e. The van der Waals surface area contributed by atoms with Gasteiger partial charge in [0.25, 0.3) is 0 Å². The highest BCUT2D eigenvalue weighted by molar-refractivity contribution is 5.27. The Bertz CT molecular complexity index is 303. The maximum absolute atomic E-state index is 5.58. The Labute approximate surface area is 92.0 Å². The molecule has 1 aromatic carbocycles. The van der Waals surface area contributed by atoms with Gasteiger partial charge in [0, 0.05) is 6.54 Å². The summed E-state index contributed by atoms with van der Waals surface area (Å²) in [6.45, 7) is 7.42.